The van der Waals surface area contributed by atoms with Gasteiger partial charge < -0.3 is 20.7 Å². The molecular weight excluding hydrogens is 314 g/mol. The van der Waals surface area contributed by atoms with Crippen LogP contribution in [-0.4, -0.2) is 22.9 Å². The molecule has 0 aliphatic heterocycles. The van der Waals surface area contributed by atoms with Crippen molar-refractivity contribution in [1.29, 1.82) is 0 Å². The van der Waals surface area contributed by atoms with Gasteiger partial charge in [0.2, 0.25) is 0 Å². The highest BCUT2D eigenvalue weighted by molar-refractivity contribution is 6.30. The molecule has 3 atom stereocenters. The Hall–Kier alpha value is -1.59. The fourth-order valence-corrected chi connectivity index (χ4v) is 2.45. The number of aliphatic hydroxyl groups is 2. The summed E-state index contributed by atoms with van der Waals surface area (Å²) in [5, 5.41) is 20.0. The number of rotatable bonds is 7. The summed E-state index contributed by atoms with van der Waals surface area (Å²) in [5.74, 6) is 0.653. The largest absolute Gasteiger partial charge is 0.493 e. The molecular formula is C18H22ClNO3. The van der Waals surface area contributed by atoms with E-state index in [9.17, 15) is 5.11 Å². The van der Waals surface area contributed by atoms with Crippen LogP contribution < -0.4 is 10.5 Å². The Morgan fingerprint density at radius 1 is 1.17 bits per heavy atom. The number of nitrogens with two attached hydrogens (primary N) is 1. The van der Waals surface area contributed by atoms with Gasteiger partial charge in [0, 0.05) is 17.0 Å². The minimum Gasteiger partial charge on any atom is -0.493 e. The smallest absolute Gasteiger partial charge is 0.119 e. The zero-order valence-electron chi connectivity index (χ0n) is 13.0. The molecule has 0 amide bonds. The van der Waals surface area contributed by atoms with E-state index in [0.717, 1.165) is 5.56 Å². The Bertz CT molecular complexity index is 618. The van der Waals surface area contributed by atoms with Gasteiger partial charge in [-0.15, -0.1) is 0 Å². The van der Waals surface area contributed by atoms with Crippen LogP contribution in [0.4, 0.5) is 0 Å². The number of halogens is 1. The van der Waals surface area contributed by atoms with Crippen LogP contribution in [0.5, 0.6) is 5.75 Å². The monoisotopic (exact) mass is 335 g/mol. The fourth-order valence-electron chi connectivity index (χ4n) is 2.25. The van der Waals surface area contributed by atoms with Crippen LogP contribution in [0.15, 0.2) is 48.5 Å². The van der Waals surface area contributed by atoms with Crippen molar-refractivity contribution in [1.82, 2.24) is 0 Å². The highest BCUT2D eigenvalue weighted by Crippen LogP contribution is 2.24. The predicted octanol–water partition coefficient (Wildman–Crippen LogP) is 2.91. The maximum Gasteiger partial charge on any atom is 0.119 e. The van der Waals surface area contributed by atoms with E-state index < -0.39 is 12.1 Å². The van der Waals surface area contributed by atoms with Gasteiger partial charge >= 0.3 is 0 Å². The second kappa shape index (κ2) is 8.31. The van der Waals surface area contributed by atoms with Crippen LogP contribution in [0.2, 0.25) is 5.02 Å². The molecule has 0 heterocycles. The molecule has 0 spiro atoms. The van der Waals surface area contributed by atoms with E-state index >= 15 is 0 Å². The lowest BCUT2D eigenvalue weighted by atomic mass is 9.93. The molecule has 0 aliphatic rings. The molecule has 4 nitrogen and oxygen atoms in total. The van der Waals surface area contributed by atoms with Gasteiger partial charge in [-0.2, -0.15) is 0 Å². The molecule has 23 heavy (non-hydrogen) atoms. The van der Waals surface area contributed by atoms with Gasteiger partial charge in [-0.1, -0.05) is 42.8 Å². The number of hydrogen-bond acceptors (Lipinski definition) is 4. The Morgan fingerprint density at radius 3 is 2.48 bits per heavy atom. The van der Waals surface area contributed by atoms with Gasteiger partial charge in [0.15, 0.2) is 0 Å². The first-order chi connectivity index (χ1) is 11.0. The van der Waals surface area contributed by atoms with Gasteiger partial charge in [-0.25, -0.2) is 0 Å². The third-order valence-corrected chi connectivity index (χ3v) is 4.07. The first-order valence-electron chi connectivity index (χ1n) is 7.53. The molecule has 2 rings (SSSR count). The van der Waals surface area contributed by atoms with E-state index in [2.05, 4.69) is 0 Å². The van der Waals surface area contributed by atoms with Crippen molar-refractivity contribution in [2.75, 3.05) is 6.61 Å². The fraction of sp³-hybridized carbons (Fsp3) is 0.333. The first-order valence-corrected chi connectivity index (χ1v) is 7.90. The predicted molar refractivity (Wildman–Crippen MR) is 91.4 cm³/mol. The highest BCUT2D eigenvalue weighted by Gasteiger charge is 2.23. The molecule has 2 aromatic carbocycles. The molecule has 0 radical (unpaired) electrons. The van der Waals surface area contributed by atoms with E-state index in [-0.39, 0.29) is 12.5 Å². The van der Waals surface area contributed by atoms with Crippen LogP contribution >= 0.6 is 11.6 Å². The van der Waals surface area contributed by atoms with Gasteiger partial charge in [0.25, 0.3) is 0 Å². The van der Waals surface area contributed by atoms with Gasteiger partial charge in [-0.05, 0) is 35.4 Å². The van der Waals surface area contributed by atoms with Crippen molar-refractivity contribution in [3.05, 3.63) is 64.7 Å². The Kier molecular flexibility index (Phi) is 6.42. The summed E-state index contributed by atoms with van der Waals surface area (Å²) in [5.41, 5.74) is 7.68. The van der Waals surface area contributed by atoms with E-state index in [1.165, 1.54) is 0 Å². The molecule has 0 bridgehead atoms. The topological polar surface area (TPSA) is 75.7 Å². The molecule has 3 unspecified atom stereocenters. The maximum absolute atomic E-state index is 10.4. The van der Waals surface area contributed by atoms with Gasteiger partial charge in [0.1, 0.15) is 5.75 Å². The Balaban J connectivity index is 1.92. The molecule has 0 aliphatic carbocycles. The number of ether oxygens (including phenoxy) is 1. The molecule has 4 N–H and O–H groups in total. The van der Waals surface area contributed by atoms with Crippen LogP contribution in [-0.2, 0) is 6.61 Å². The summed E-state index contributed by atoms with van der Waals surface area (Å²) in [4.78, 5) is 0. The molecule has 0 saturated heterocycles. The lowest BCUT2D eigenvalue weighted by Crippen LogP contribution is -2.37. The van der Waals surface area contributed by atoms with Gasteiger partial charge in [-0.3, -0.25) is 0 Å². The summed E-state index contributed by atoms with van der Waals surface area (Å²) in [7, 11) is 0. The van der Waals surface area contributed by atoms with Crippen LogP contribution in [0, 0.1) is 5.92 Å². The zero-order valence-corrected chi connectivity index (χ0v) is 13.8. The second-order valence-corrected chi connectivity index (χ2v) is 6.10. The lowest BCUT2D eigenvalue weighted by Gasteiger charge is -2.25. The van der Waals surface area contributed by atoms with E-state index in [1.807, 2.05) is 6.92 Å². The molecule has 0 fully saturated rings. The van der Waals surface area contributed by atoms with Crippen LogP contribution in [0.3, 0.4) is 0 Å². The summed E-state index contributed by atoms with van der Waals surface area (Å²) in [6.07, 6.45) is -0.802. The average Bonchev–Trinajstić information content (AvgIpc) is 2.58. The number of aliphatic hydroxyl groups excluding tert-OH is 2. The quantitative estimate of drug-likeness (QED) is 0.727. The van der Waals surface area contributed by atoms with Crippen LogP contribution in [0.25, 0.3) is 0 Å². The standard InChI is InChI=1S/C18H22ClNO3/c1-12(11-23-16-7-5-13(10-21)6-8-16)17(20)18(22)14-3-2-4-15(19)9-14/h2-9,12,17-18,21-22H,10-11,20H2,1H3. The number of hydrogen-bond donors (Lipinski definition) is 3. The first kappa shape index (κ1) is 17.8. The van der Waals surface area contributed by atoms with Crippen molar-refractivity contribution in [3.8, 4) is 5.75 Å². The molecule has 5 heteroatoms. The van der Waals surface area contributed by atoms with Crippen molar-refractivity contribution < 1.29 is 14.9 Å². The van der Waals surface area contributed by atoms with E-state index in [1.54, 1.807) is 48.5 Å². The maximum atomic E-state index is 10.4. The SMILES string of the molecule is CC(COc1ccc(CO)cc1)C(N)C(O)c1cccc(Cl)c1. The second-order valence-electron chi connectivity index (χ2n) is 5.67. The third kappa shape index (κ3) is 4.94. The van der Waals surface area contributed by atoms with Crippen LogP contribution in [0.1, 0.15) is 24.2 Å². The summed E-state index contributed by atoms with van der Waals surface area (Å²) in [6, 6.07) is 13.8. The molecule has 124 valence electrons. The summed E-state index contributed by atoms with van der Waals surface area (Å²) < 4.78 is 5.70. The summed E-state index contributed by atoms with van der Waals surface area (Å²) in [6.45, 7) is 2.32. The highest BCUT2D eigenvalue weighted by atomic mass is 35.5. The lowest BCUT2D eigenvalue weighted by molar-refractivity contribution is 0.103. The normalized spacial score (nSPS) is 15.0. The van der Waals surface area contributed by atoms with Crippen molar-refractivity contribution >= 4 is 11.6 Å². The number of benzene rings is 2. The third-order valence-electron chi connectivity index (χ3n) is 3.83. The van der Waals surface area contributed by atoms with Crippen molar-refractivity contribution in [2.45, 2.75) is 25.7 Å². The van der Waals surface area contributed by atoms with Crippen molar-refractivity contribution in [3.63, 3.8) is 0 Å². The minimum atomic E-state index is -0.802. The summed E-state index contributed by atoms with van der Waals surface area (Å²) >= 11 is 5.94. The molecule has 0 aromatic heterocycles. The minimum absolute atomic E-state index is 0.00733. The Labute approximate surface area is 141 Å². The van der Waals surface area contributed by atoms with Gasteiger partial charge in [0.05, 0.1) is 19.3 Å². The zero-order chi connectivity index (χ0) is 16.8. The Morgan fingerprint density at radius 2 is 1.87 bits per heavy atom. The molecule has 2 aromatic rings. The van der Waals surface area contributed by atoms with E-state index in [0.29, 0.717) is 22.9 Å². The van der Waals surface area contributed by atoms with E-state index in [4.69, 9.17) is 27.2 Å². The average molecular weight is 336 g/mol. The molecule has 0 saturated carbocycles. The van der Waals surface area contributed by atoms with Crippen molar-refractivity contribution in [2.24, 2.45) is 11.7 Å².